The number of hydrogen-bond acceptors (Lipinski definition) is 4. The van der Waals surface area contributed by atoms with Crippen LogP contribution in [-0.2, 0) is 9.47 Å². The molecule has 0 bridgehead atoms. The average Bonchev–Trinajstić information content (AvgIpc) is 2.48. The molecule has 4 heteroatoms. The highest BCUT2D eigenvalue weighted by molar-refractivity contribution is 5.42. The Morgan fingerprint density at radius 1 is 1.10 bits per heavy atom. The van der Waals surface area contributed by atoms with Gasteiger partial charge >= 0.3 is 0 Å². The molecule has 4 nitrogen and oxygen atoms in total. The fourth-order valence-electron chi connectivity index (χ4n) is 2.33. The normalized spacial score (nSPS) is 12.4. The zero-order chi connectivity index (χ0) is 15.7. The molecule has 1 aromatic carbocycles. The Bertz CT molecular complexity index is 421. The van der Waals surface area contributed by atoms with E-state index in [0.717, 1.165) is 24.3 Å². The topological polar surface area (TPSA) is 39.7 Å². The van der Waals surface area contributed by atoms with Crippen LogP contribution >= 0.6 is 0 Å². The van der Waals surface area contributed by atoms with E-state index in [1.54, 1.807) is 14.2 Å². The molecule has 0 spiro atoms. The van der Waals surface area contributed by atoms with Gasteiger partial charge in [-0.3, -0.25) is 0 Å². The Morgan fingerprint density at radius 2 is 1.86 bits per heavy atom. The summed E-state index contributed by atoms with van der Waals surface area (Å²) in [4.78, 5) is 0. The van der Waals surface area contributed by atoms with Crippen LogP contribution in [0.4, 0.5) is 0 Å². The Labute approximate surface area is 128 Å². The van der Waals surface area contributed by atoms with Gasteiger partial charge < -0.3 is 19.5 Å². The fourth-order valence-corrected chi connectivity index (χ4v) is 2.33. The van der Waals surface area contributed by atoms with Crippen molar-refractivity contribution in [1.29, 1.82) is 0 Å². The Kier molecular flexibility index (Phi) is 8.35. The maximum atomic E-state index is 5.72. The van der Waals surface area contributed by atoms with Crippen molar-refractivity contribution in [2.75, 3.05) is 40.6 Å². The minimum Gasteiger partial charge on any atom is -0.496 e. The molecule has 1 atom stereocenters. The van der Waals surface area contributed by atoms with Crippen LogP contribution in [0.25, 0.3) is 0 Å². The number of benzene rings is 1. The molecule has 1 N–H and O–H groups in total. The van der Waals surface area contributed by atoms with Crippen molar-refractivity contribution in [3.63, 3.8) is 0 Å². The number of aryl methyl sites for hydroxylation is 2. The third kappa shape index (κ3) is 5.65. The zero-order valence-corrected chi connectivity index (χ0v) is 14.0. The maximum Gasteiger partial charge on any atom is 0.122 e. The van der Waals surface area contributed by atoms with Gasteiger partial charge in [0.15, 0.2) is 0 Å². The van der Waals surface area contributed by atoms with Crippen molar-refractivity contribution >= 4 is 0 Å². The quantitative estimate of drug-likeness (QED) is 0.674. The lowest BCUT2D eigenvalue weighted by atomic mass is 9.98. The molecule has 0 aliphatic rings. The van der Waals surface area contributed by atoms with Crippen LogP contribution in [0, 0.1) is 13.8 Å². The van der Waals surface area contributed by atoms with Crippen molar-refractivity contribution in [2.24, 2.45) is 0 Å². The molecule has 1 unspecified atom stereocenters. The molecule has 0 aliphatic heterocycles. The largest absolute Gasteiger partial charge is 0.496 e. The lowest BCUT2D eigenvalue weighted by Gasteiger charge is -2.22. The second kappa shape index (κ2) is 9.77. The molecule has 1 aromatic rings. The fraction of sp³-hybridized carbons (Fsp3) is 0.647. The van der Waals surface area contributed by atoms with Crippen LogP contribution in [-0.4, -0.2) is 40.6 Å². The van der Waals surface area contributed by atoms with Gasteiger partial charge in [0.1, 0.15) is 5.75 Å². The molecule has 0 fully saturated rings. The van der Waals surface area contributed by atoms with E-state index in [2.05, 4.69) is 38.2 Å². The van der Waals surface area contributed by atoms with Crippen molar-refractivity contribution < 1.29 is 14.2 Å². The molecule has 120 valence electrons. The van der Waals surface area contributed by atoms with Crippen LogP contribution < -0.4 is 10.1 Å². The second-order valence-corrected chi connectivity index (χ2v) is 5.25. The van der Waals surface area contributed by atoms with E-state index in [1.165, 1.54) is 11.1 Å². The van der Waals surface area contributed by atoms with E-state index >= 15 is 0 Å². The van der Waals surface area contributed by atoms with Gasteiger partial charge in [-0.1, -0.05) is 13.0 Å². The van der Waals surface area contributed by atoms with E-state index in [1.807, 2.05) is 0 Å². The summed E-state index contributed by atoms with van der Waals surface area (Å²) in [5, 5.41) is 3.56. The number of hydrogen-bond donors (Lipinski definition) is 1. The summed E-state index contributed by atoms with van der Waals surface area (Å²) in [6.07, 6.45) is 1.10. The van der Waals surface area contributed by atoms with Crippen LogP contribution in [0.1, 0.15) is 36.1 Å². The third-order valence-electron chi connectivity index (χ3n) is 3.52. The van der Waals surface area contributed by atoms with Gasteiger partial charge in [-0.15, -0.1) is 0 Å². The molecule has 0 radical (unpaired) electrons. The first-order valence-electron chi connectivity index (χ1n) is 7.59. The van der Waals surface area contributed by atoms with Crippen molar-refractivity contribution in [3.8, 4) is 5.75 Å². The maximum absolute atomic E-state index is 5.72. The Morgan fingerprint density at radius 3 is 2.48 bits per heavy atom. The van der Waals surface area contributed by atoms with Crippen LogP contribution in [0.3, 0.4) is 0 Å². The van der Waals surface area contributed by atoms with Crippen molar-refractivity contribution in [1.82, 2.24) is 5.32 Å². The predicted octanol–water partition coefficient (Wildman–Crippen LogP) is 3.02. The molecule has 21 heavy (non-hydrogen) atoms. The smallest absolute Gasteiger partial charge is 0.122 e. The van der Waals surface area contributed by atoms with Gasteiger partial charge in [0.25, 0.3) is 0 Å². The highest BCUT2D eigenvalue weighted by Crippen LogP contribution is 2.27. The molecule has 0 saturated carbocycles. The summed E-state index contributed by atoms with van der Waals surface area (Å²) in [5.74, 6) is 0.936. The molecule has 0 aromatic heterocycles. The lowest BCUT2D eigenvalue weighted by Crippen LogP contribution is -2.27. The number of rotatable bonds is 10. The van der Waals surface area contributed by atoms with Gasteiger partial charge in [0.05, 0.1) is 33.0 Å². The number of ether oxygens (including phenoxy) is 3. The number of nitrogens with one attached hydrogen (secondary N) is 1. The molecule has 0 heterocycles. The molecule has 1 rings (SSSR count). The molecule has 0 amide bonds. The van der Waals surface area contributed by atoms with Crippen molar-refractivity contribution in [3.05, 3.63) is 28.8 Å². The minimum atomic E-state index is 0.200. The molecular weight excluding hydrogens is 266 g/mol. The molecule has 0 aliphatic carbocycles. The van der Waals surface area contributed by atoms with Gasteiger partial charge in [0.2, 0.25) is 0 Å². The van der Waals surface area contributed by atoms with E-state index in [9.17, 15) is 0 Å². The van der Waals surface area contributed by atoms with Gasteiger partial charge in [0, 0.05) is 7.11 Å². The molecule has 0 saturated heterocycles. The van der Waals surface area contributed by atoms with E-state index in [0.29, 0.717) is 19.8 Å². The monoisotopic (exact) mass is 295 g/mol. The first-order valence-corrected chi connectivity index (χ1v) is 7.59. The van der Waals surface area contributed by atoms with Gasteiger partial charge in [-0.05, 0) is 49.6 Å². The summed E-state index contributed by atoms with van der Waals surface area (Å²) >= 11 is 0. The summed E-state index contributed by atoms with van der Waals surface area (Å²) < 4.78 is 16.1. The van der Waals surface area contributed by atoms with Gasteiger partial charge in [-0.25, -0.2) is 0 Å². The van der Waals surface area contributed by atoms with Gasteiger partial charge in [-0.2, -0.15) is 0 Å². The van der Waals surface area contributed by atoms with Crippen molar-refractivity contribution in [2.45, 2.75) is 33.2 Å². The van der Waals surface area contributed by atoms with Crippen LogP contribution in [0.2, 0.25) is 0 Å². The summed E-state index contributed by atoms with van der Waals surface area (Å²) in [7, 11) is 3.40. The summed E-state index contributed by atoms with van der Waals surface area (Å²) in [6.45, 7) is 9.23. The van der Waals surface area contributed by atoms with Crippen LogP contribution in [0.15, 0.2) is 12.1 Å². The van der Waals surface area contributed by atoms with Crippen LogP contribution in [0.5, 0.6) is 5.75 Å². The Balaban J connectivity index is 2.83. The summed E-state index contributed by atoms with van der Waals surface area (Å²) in [6, 6.07) is 4.49. The SMILES string of the molecule is CCCNC(COCCOC)c1cc(C)c(OC)cc1C. The summed E-state index contributed by atoms with van der Waals surface area (Å²) in [5.41, 5.74) is 3.65. The van der Waals surface area contributed by atoms with E-state index < -0.39 is 0 Å². The number of methoxy groups -OCH3 is 2. The lowest BCUT2D eigenvalue weighted by molar-refractivity contribution is 0.0585. The first-order chi connectivity index (χ1) is 10.1. The average molecular weight is 295 g/mol. The van der Waals surface area contributed by atoms with E-state index in [4.69, 9.17) is 14.2 Å². The highest BCUT2D eigenvalue weighted by Gasteiger charge is 2.15. The van der Waals surface area contributed by atoms with E-state index in [-0.39, 0.29) is 6.04 Å². The molecular formula is C17H29NO3. The standard InChI is InChI=1S/C17H29NO3/c1-6-7-18-16(12-21-9-8-19-4)15-10-14(3)17(20-5)11-13(15)2/h10-11,16,18H,6-9,12H2,1-5H3. The minimum absolute atomic E-state index is 0.200. The predicted molar refractivity (Wildman–Crippen MR) is 86.2 cm³/mol. The highest BCUT2D eigenvalue weighted by atomic mass is 16.5. The zero-order valence-electron chi connectivity index (χ0n) is 14.0. The Hall–Kier alpha value is -1.10. The third-order valence-corrected chi connectivity index (χ3v) is 3.52. The first kappa shape index (κ1) is 18.0. The second-order valence-electron chi connectivity index (χ2n) is 5.25.